The number of para-hydroxylation sites is 4. The Bertz CT molecular complexity index is 3850. The second kappa shape index (κ2) is 14.0. The van der Waals surface area contributed by atoms with Crippen LogP contribution < -0.4 is 0 Å². The van der Waals surface area contributed by atoms with Gasteiger partial charge in [-0.05, 0) is 77.9 Å². The van der Waals surface area contributed by atoms with Crippen molar-refractivity contribution in [1.82, 2.24) is 24.1 Å². The molecular weight excluding hydrogens is 771 g/mol. The number of aromatic nitrogens is 5. The maximum atomic E-state index is 6.98. The van der Waals surface area contributed by atoms with Crippen LogP contribution in [0, 0.1) is 0 Å². The van der Waals surface area contributed by atoms with Crippen molar-refractivity contribution < 1.29 is 4.42 Å². The van der Waals surface area contributed by atoms with Crippen LogP contribution in [0.1, 0.15) is 0 Å². The Hall–Kier alpha value is -8.61. The summed E-state index contributed by atoms with van der Waals surface area (Å²) in [6, 6.07) is 74.3. The van der Waals surface area contributed by atoms with E-state index in [4.69, 9.17) is 19.4 Å². The maximum Gasteiger partial charge on any atom is 0.167 e. The van der Waals surface area contributed by atoms with E-state index in [0.29, 0.717) is 17.5 Å². The molecule has 0 unspecified atom stereocenters. The molecule has 0 atom stereocenters. The summed E-state index contributed by atoms with van der Waals surface area (Å²) in [7, 11) is 0. The Kier molecular flexibility index (Phi) is 7.80. The number of fused-ring (bicyclic) bond motifs is 9. The number of benzene rings is 9. The summed E-state index contributed by atoms with van der Waals surface area (Å²) in [5.41, 5.74) is 12.9. The number of furan rings is 1. The molecule has 0 N–H and O–H groups in total. The molecule has 0 amide bonds. The first kappa shape index (κ1) is 35.2. The van der Waals surface area contributed by atoms with Crippen LogP contribution in [0.2, 0.25) is 0 Å². The van der Waals surface area contributed by atoms with Gasteiger partial charge in [-0.15, -0.1) is 0 Å². The highest BCUT2D eigenvalue weighted by Crippen LogP contribution is 2.44. The van der Waals surface area contributed by atoms with Crippen LogP contribution in [0.4, 0.5) is 0 Å². The highest BCUT2D eigenvalue weighted by Gasteiger charge is 2.23. The second-order valence-corrected chi connectivity index (χ2v) is 16.0. The van der Waals surface area contributed by atoms with Gasteiger partial charge >= 0.3 is 0 Å². The summed E-state index contributed by atoms with van der Waals surface area (Å²) >= 11 is 0. The van der Waals surface area contributed by atoms with Gasteiger partial charge in [0.15, 0.2) is 17.5 Å². The zero-order chi connectivity index (χ0) is 41.4. The van der Waals surface area contributed by atoms with Gasteiger partial charge in [0.25, 0.3) is 0 Å². The first-order valence-corrected chi connectivity index (χ1v) is 21.2. The third-order valence-corrected chi connectivity index (χ3v) is 12.4. The van der Waals surface area contributed by atoms with Gasteiger partial charge in [0.1, 0.15) is 11.2 Å². The fraction of sp³-hybridized carbons (Fsp3) is 0. The van der Waals surface area contributed by atoms with Crippen LogP contribution in [0.15, 0.2) is 217 Å². The van der Waals surface area contributed by atoms with Crippen LogP contribution in [0.3, 0.4) is 0 Å². The van der Waals surface area contributed by atoms with Gasteiger partial charge < -0.3 is 13.6 Å². The molecule has 4 aromatic heterocycles. The first-order chi connectivity index (χ1) is 31.2. The SMILES string of the molecule is c1ccc(-c2nc(-c3ccc4c(c3)c3ccccc3n4-c3ccccc3)nc(-c3cc(-n4c5ccccc5c5ccccc54)cc4c3oc3cccc(-c5ccccc5)c34)n2)cc1. The minimum absolute atomic E-state index is 0.526. The fourth-order valence-electron chi connectivity index (χ4n) is 9.58. The van der Waals surface area contributed by atoms with Crippen molar-refractivity contribution in [2.24, 2.45) is 0 Å². The third-order valence-electron chi connectivity index (χ3n) is 12.4. The second-order valence-electron chi connectivity index (χ2n) is 16.0. The third kappa shape index (κ3) is 5.55. The molecule has 4 heterocycles. The fourth-order valence-corrected chi connectivity index (χ4v) is 9.58. The van der Waals surface area contributed by atoms with Gasteiger partial charge in [-0.2, -0.15) is 0 Å². The topological polar surface area (TPSA) is 61.7 Å². The molecule has 6 heteroatoms. The summed E-state index contributed by atoms with van der Waals surface area (Å²) in [5.74, 6) is 1.69. The van der Waals surface area contributed by atoms with Crippen molar-refractivity contribution in [2.75, 3.05) is 0 Å². The van der Waals surface area contributed by atoms with Gasteiger partial charge in [-0.3, -0.25) is 0 Å². The lowest BCUT2D eigenvalue weighted by Gasteiger charge is -2.13. The molecule has 0 bridgehead atoms. The van der Waals surface area contributed by atoms with E-state index in [-0.39, 0.29) is 0 Å². The van der Waals surface area contributed by atoms with Crippen LogP contribution in [-0.2, 0) is 0 Å². The van der Waals surface area contributed by atoms with E-state index in [9.17, 15) is 0 Å². The molecule has 0 radical (unpaired) electrons. The van der Waals surface area contributed by atoms with E-state index in [1.54, 1.807) is 0 Å². The minimum atomic E-state index is 0.526. The highest BCUT2D eigenvalue weighted by molar-refractivity contribution is 6.17. The summed E-state index contributed by atoms with van der Waals surface area (Å²) < 4.78 is 11.7. The Labute approximate surface area is 361 Å². The molecule has 0 fully saturated rings. The van der Waals surface area contributed by atoms with E-state index in [2.05, 4.69) is 203 Å². The van der Waals surface area contributed by atoms with Crippen molar-refractivity contribution in [3.8, 4) is 56.7 Å². The molecule has 6 nitrogen and oxygen atoms in total. The molecule has 9 aromatic carbocycles. The smallest absolute Gasteiger partial charge is 0.167 e. The number of hydrogen-bond acceptors (Lipinski definition) is 4. The molecule has 13 aromatic rings. The van der Waals surface area contributed by atoms with Crippen LogP contribution >= 0.6 is 0 Å². The predicted octanol–water partition coefficient (Wildman–Crippen LogP) is 14.6. The van der Waals surface area contributed by atoms with Gasteiger partial charge in [0.2, 0.25) is 0 Å². The van der Waals surface area contributed by atoms with E-state index in [0.717, 1.165) is 94.0 Å². The van der Waals surface area contributed by atoms with E-state index in [1.807, 2.05) is 18.2 Å². The Balaban J connectivity index is 1.11. The standard InChI is InChI=1S/C57H35N5O/c1-4-17-36(18-5-1)41-26-16-30-52-53(41)46-34-40(62-48-27-13-10-23-42(48)43-24-11-14-28-49(43)62)35-47(54(46)63-52)57-59-55(37-19-6-2-7-20-37)58-56(60-57)38-31-32-51-45(33-38)44-25-12-15-29-50(44)61(51)39-21-8-3-9-22-39/h1-35H. The average Bonchev–Trinajstić information content (AvgIpc) is 4.02. The molecule has 13 rings (SSSR count). The Morgan fingerprint density at radius 1 is 0.317 bits per heavy atom. The van der Waals surface area contributed by atoms with Gasteiger partial charge in [-0.1, -0.05) is 146 Å². The van der Waals surface area contributed by atoms with Crippen LogP contribution in [0.25, 0.3) is 122 Å². The van der Waals surface area contributed by atoms with Gasteiger partial charge in [-0.25, -0.2) is 15.0 Å². The van der Waals surface area contributed by atoms with E-state index >= 15 is 0 Å². The molecule has 0 saturated heterocycles. The van der Waals surface area contributed by atoms with Crippen molar-refractivity contribution in [2.45, 2.75) is 0 Å². The van der Waals surface area contributed by atoms with Crippen molar-refractivity contribution in [3.05, 3.63) is 212 Å². The number of rotatable bonds is 6. The van der Waals surface area contributed by atoms with Gasteiger partial charge in [0, 0.05) is 54.8 Å². The van der Waals surface area contributed by atoms with Crippen molar-refractivity contribution >= 4 is 65.6 Å². The molecule has 0 aliphatic heterocycles. The molecule has 0 aliphatic carbocycles. The monoisotopic (exact) mass is 805 g/mol. The lowest BCUT2D eigenvalue weighted by molar-refractivity contribution is 0.669. The van der Waals surface area contributed by atoms with Crippen LogP contribution in [-0.4, -0.2) is 24.1 Å². The van der Waals surface area contributed by atoms with Gasteiger partial charge in [0.05, 0.1) is 27.6 Å². The van der Waals surface area contributed by atoms with Crippen molar-refractivity contribution in [3.63, 3.8) is 0 Å². The molecule has 0 aliphatic rings. The summed E-state index contributed by atoms with van der Waals surface area (Å²) in [6.07, 6.45) is 0. The van der Waals surface area contributed by atoms with Crippen LogP contribution in [0.5, 0.6) is 0 Å². The molecule has 63 heavy (non-hydrogen) atoms. The zero-order valence-corrected chi connectivity index (χ0v) is 33.9. The molecule has 0 spiro atoms. The lowest BCUT2D eigenvalue weighted by atomic mass is 9.98. The number of nitrogens with zero attached hydrogens (tertiary/aromatic N) is 5. The molecule has 294 valence electrons. The van der Waals surface area contributed by atoms with Crippen molar-refractivity contribution in [1.29, 1.82) is 0 Å². The Morgan fingerprint density at radius 2 is 0.841 bits per heavy atom. The first-order valence-electron chi connectivity index (χ1n) is 21.2. The quantitative estimate of drug-likeness (QED) is 0.168. The molecule has 0 saturated carbocycles. The van der Waals surface area contributed by atoms with E-state index in [1.165, 1.54) is 10.8 Å². The minimum Gasteiger partial charge on any atom is -0.455 e. The predicted molar refractivity (Wildman–Crippen MR) is 258 cm³/mol. The summed E-state index contributed by atoms with van der Waals surface area (Å²) in [4.78, 5) is 15.9. The summed E-state index contributed by atoms with van der Waals surface area (Å²) in [5, 5.41) is 6.69. The Morgan fingerprint density at radius 3 is 1.51 bits per heavy atom. The largest absolute Gasteiger partial charge is 0.455 e. The highest BCUT2D eigenvalue weighted by atomic mass is 16.3. The average molecular weight is 806 g/mol. The molecular formula is C57H35N5O. The maximum absolute atomic E-state index is 6.98. The lowest BCUT2D eigenvalue weighted by Crippen LogP contribution is -2.02. The van der Waals surface area contributed by atoms with E-state index < -0.39 is 0 Å². The summed E-state index contributed by atoms with van der Waals surface area (Å²) in [6.45, 7) is 0. The normalized spacial score (nSPS) is 11.8. The zero-order valence-electron chi connectivity index (χ0n) is 33.9. The number of hydrogen-bond donors (Lipinski definition) is 0.